The Bertz CT molecular complexity index is 320. The first-order valence-corrected chi connectivity index (χ1v) is 6.92. The summed E-state index contributed by atoms with van der Waals surface area (Å²) in [5, 5.41) is 0. The molecule has 1 unspecified atom stereocenters. The number of ether oxygens (including phenoxy) is 1. The lowest BCUT2D eigenvalue weighted by Crippen LogP contribution is -2.41. The molecule has 2 rings (SSSR count). The number of hydrogen-bond donors (Lipinski definition) is 0. The van der Waals surface area contributed by atoms with E-state index in [9.17, 15) is 0 Å². The fraction of sp³-hybridized carbons (Fsp3) is 0.857. The van der Waals surface area contributed by atoms with Crippen LogP contribution >= 0.6 is 0 Å². The smallest absolute Gasteiger partial charge is 0.400 e. The Morgan fingerprint density at radius 1 is 1.22 bits per heavy atom. The minimum atomic E-state index is -0.246. The van der Waals surface area contributed by atoms with Crippen LogP contribution in [0.5, 0.6) is 0 Å². The predicted molar refractivity (Wildman–Crippen MR) is 73.4 cm³/mol. The minimum absolute atomic E-state index is 0.208. The second kappa shape index (κ2) is 4.99. The van der Waals surface area contributed by atoms with Gasteiger partial charge in [0.1, 0.15) is 0 Å². The Labute approximate surface area is 111 Å². The maximum atomic E-state index is 6.00. The van der Waals surface area contributed by atoms with Crippen molar-refractivity contribution in [2.45, 2.75) is 70.7 Å². The molecular formula is C14H25BO3. The van der Waals surface area contributed by atoms with Gasteiger partial charge in [0.15, 0.2) is 0 Å². The van der Waals surface area contributed by atoms with E-state index in [4.69, 9.17) is 14.0 Å². The van der Waals surface area contributed by atoms with Crippen LogP contribution in [0.15, 0.2) is 11.5 Å². The van der Waals surface area contributed by atoms with Crippen LogP contribution in [0.4, 0.5) is 0 Å². The second-order valence-electron chi connectivity index (χ2n) is 6.40. The van der Waals surface area contributed by atoms with Gasteiger partial charge in [0.25, 0.3) is 0 Å². The molecule has 18 heavy (non-hydrogen) atoms. The van der Waals surface area contributed by atoms with E-state index in [-0.39, 0.29) is 18.3 Å². The van der Waals surface area contributed by atoms with Gasteiger partial charge in [-0.25, -0.2) is 0 Å². The van der Waals surface area contributed by atoms with E-state index in [1.54, 1.807) is 7.11 Å². The van der Waals surface area contributed by atoms with Crippen molar-refractivity contribution in [3.63, 3.8) is 0 Å². The van der Waals surface area contributed by atoms with Crippen LogP contribution in [0.1, 0.15) is 53.4 Å². The molecular weight excluding hydrogens is 227 g/mol. The molecule has 0 aromatic carbocycles. The van der Waals surface area contributed by atoms with Crippen molar-refractivity contribution < 1.29 is 14.0 Å². The molecule has 1 heterocycles. The molecule has 1 aliphatic carbocycles. The SMILES string of the molecule is COC1CCC/C(=C\B2OC(C)(C)C(C)(C)O2)C1. The van der Waals surface area contributed by atoms with Gasteiger partial charge in [-0.05, 0) is 53.4 Å². The summed E-state index contributed by atoms with van der Waals surface area (Å²) in [7, 11) is 1.59. The number of hydrogen-bond acceptors (Lipinski definition) is 3. The molecule has 0 bridgehead atoms. The lowest BCUT2D eigenvalue weighted by atomic mass is 9.81. The van der Waals surface area contributed by atoms with Crippen LogP contribution in [-0.4, -0.2) is 31.5 Å². The number of methoxy groups -OCH3 is 1. The summed E-state index contributed by atoms with van der Waals surface area (Å²) in [6.45, 7) is 8.35. The highest BCUT2D eigenvalue weighted by atomic mass is 16.7. The van der Waals surface area contributed by atoms with Crippen molar-refractivity contribution in [1.29, 1.82) is 0 Å². The van der Waals surface area contributed by atoms with E-state index >= 15 is 0 Å². The molecule has 1 atom stereocenters. The molecule has 2 fully saturated rings. The van der Waals surface area contributed by atoms with Gasteiger partial charge in [0.2, 0.25) is 0 Å². The molecule has 102 valence electrons. The lowest BCUT2D eigenvalue weighted by Gasteiger charge is -2.32. The van der Waals surface area contributed by atoms with E-state index in [2.05, 4.69) is 33.7 Å². The zero-order valence-corrected chi connectivity index (χ0v) is 12.3. The first-order chi connectivity index (χ1) is 8.34. The highest BCUT2D eigenvalue weighted by molar-refractivity contribution is 6.51. The van der Waals surface area contributed by atoms with Crippen LogP contribution < -0.4 is 0 Å². The lowest BCUT2D eigenvalue weighted by molar-refractivity contribution is 0.00578. The van der Waals surface area contributed by atoms with Gasteiger partial charge in [-0.2, -0.15) is 0 Å². The Morgan fingerprint density at radius 3 is 2.39 bits per heavy atom. The molecule has 1 saturated carbocycles. The molecule has 3 nitrogen and oxygen atoms in total. The molecule has 0 N–H and O–H groups in total. The molecule has 4 heteroatoms. The van der Waals surface area contributed by atoms with Gasteiger partial charge in [0, 0.05) is 7.11 Å². The van der Waals surface area contributed by atoms with E-state index in [0.29, 0.717) is 6.10 Å². The topological polar surface area (TPSA) is 27.7 Å². The summed E-state index contributed by atoms with van der Waals surface area (Å²) >= 11 is 0. The minimum Gasteiger partial charge on any atom is -0.400 e. The molecule has 0 spiro atoms. The van der Waals surface area contributed by atoms with Gasteiger partial charge >= 0.3 is 7.12 Å². The normalized spacial score (nSPS) is 33.1. The fourth-order valence-corrected chi connectivity index (χ4v) is 2.56. The standard InChI is InChI=1S/C14H25BO3/c1-13(2)14(3,4)18-15(17-13)10-11-7-6-8-12(9-11)16-5/h10,12H,6-9H2,1-5H3/b11-10+. The van der Waals surface area contributed by atoms with Crippen molar-refractivity contribution in [2.75, 3.05) is 7.11 Å². The Morgan fingerprint density at radius 2 is 1.83 bits per heavy atom. The zero-order chi connectivity index (χ0) is 13.4. The Balaban J connectivity index is 2.02. The summed E-state index contributed by atoms with van der Waals surface area (Å²) in [5.74, 6) is 2.15. The first kappa shape index (κ1) is 14.1. The van der Waals surface area contributed by atoms with Gasteiger partial charge in [-0.3, -0.25) is 0 Å². The van der Waals surface area contributed by atoms with Gasteiger partial charge in [-0.15, -0.1) is 0 Å². The molecule has 1 aliphatic heterocycles. The third kappa shape index (κ3) is 2.81. The van der Waals surface area contributed by atoms with Crippen LogP contribution in [0.25, 0.3) is 0 Å². The molecule has 1 saturated heterocycles. The third-order valence-electron chi connectivity index (χ3n) is 4.49. The Hall–Kier alpha value is -0.315. The van der Waals surface area contributed by atoms with Crippen molar-refractivity contribution >= 4 is 7.12 Å². The van der Waals surface area contributed by atoms with Crippen LogP contribution in [-0.2, 0) is 14.0 Å². The third-order valence-corrected chi connectivity index (χ3v) is 4.49. The molecule has 0 amide bonds. The van der Waals surface area contributed by atoms with E-state index in [1.807, 2.05) is 0 Å². The summed E-state index contributed by atoms with van der Waals surface area (Å²) in [6.07, 6.45) is 4.89. The molecule has 0 aromatic rings. The average Bonchev–Trinajstić information content (AvgIpc) is 2.47. The predicted octanol–water partition coefficient (Wildman–Crippen LogP) is 3.13. The summed E-state index contributed by atoms with van der Waals surface area (Å²) in [6, 6.07) is 0. The highest BCUT2D eigenvalue weighted by Crippen LogP contribution is 2.38. The maximum absolute atomic E-state index is 6.00. The fourth-order valence-electron chi connectivity index (χ4n) is 2.56. The maximum Gasteiger partial charge on any atom is 0.487 e. The highest BCUT2D eigenvalue weighted by Gasteiger charge is 2.50. The summed E-state index contributed by atoms with van der Waals surface area (Å²) in [5.41, 5.74) is 0.917. The monoisotopic (exact) mass is 252 g/mol. The first-order valence-electron chi connectivity index (χ1n) is 6.92. The molecule has 2 aliphatic rings. The average molecular weight is 252 g/mol. The van der Waals surface area contributed by atoms with Crippen LogP contribution in [0, 0.1) is 0 Å². The zero-order valence-electron chi connectivity index (χ0n) is 12.3. The molecule has 0 radical (unpaired) electrons. The van der Waals surface area contributed by atoms with Crippen molar-refractivity contribution in [3.8, 4) is 0 Å². The van der Waals surface area contributed by atoms with E-state index < -0.39 is 0 Å². The van der Waals surface area contributed by atoms with E-state index in [1.165, 1.54) is 12.0 Å². The summed E-state index contributed by atoms with van der Waals surface area (Å²) < 4.78 is 17.4. The van der Waals surface area contributed by atoms with E-state index in [0.717, 1.165) is 19.3 Å². The van der Waals surface area contributed by atoms with Crippen LogP contribution in [0.3, 0.4) is 0 Å². The van der Waals surface area contributed by atoms with Crippen molar-refractivity contribution in [2.24, 2.45) is 0 Å². The largest absolute Gasteiger partial charge is 0.487 e. The van der Waals surface area contributed by atoms with Gasteiger partial charge in [0.05, 0.1) is 17.3 Å². The molecule has 0 aromatic heterocycles. The van der Waals surface area contributed by atoms with Gasteiger partial charge < -0.3 is 14.0 Å². The second-order valence-corrected chi connectivity index (χ2v) is 6.40. The van der Waals surface area contributed by atoms with Crippen LogP contribution in [0.2, 0.25) is 0 Å². The van der Waals surface area contributed by atoms with Crippen molar-refractivity contribution in [3.05, 3.63) is 11.5 Å². The van der Waals surface area contributed by atoms with Crippen molar-refractivity contribution in [1.82, 2.24) is 0 Å². The number of rotatable bonds is 2. The van der Waals surface area contributed by atoms with Gasteiger partial charge in [-0.1, -0.05) is 11.5 Å². The Kier molecular flexibility index (Phi) is 3.91. The summed E-state index contributed by atoms with van der Waals surface area (Å²) in [4.78, 5) is 0. The quantitative estimate of drug-likeness (QED) is 0.706.